The van der Waals surface area contributed by atoms with Crippen molar-refractivity contribution in [2.45, 2.75) is 18.4 Å². The van der Waals surface area contributed by atoms with Crippen molar-refractivity contribution in [3.8, 4) is 0 Å². The van der Waals surface area contributed by atoms with Gasteiger partial charge in [-0.05, 0) is 24.3 Å². The average molecular weight is 490 g/mol. The molecule has 2 heterocycles. The van der Waals surface area contributed by atoms with Crippen molar-refractivity contribution in [2.24, 2.45) is 0 Å². The van der Waals surface area contributed by atoms with Crippen LogP contribution in [-0.2, 0) is 20.4 Å². The fourth-order valence-electron chi connectivity index (χ4n) is 4.20. The topological polar surface area (TPSA) is 74.7 Å². The third kappa shape index (κ3) is 8.17. The Hall–Kier alpha value is -1.76. The maximum Gasteiger partial charge on any atom is 0.416 e. The van der Waals surface area contributed by atoms with Crippen LogP contribution in [-0.4, -0.2) is 124 Å². The summed E-state index contributed by atoms with van der Waals surface area (Å²) in [6.45, 7) is 6.61. The number of nitrogens with zero attached hydrogens (tertiary/aromatic N) is 3. The van der Waals surface area contributed by atoms with Gasteiger partial charge in [0.15, 0.2) is 0 Å². The number of methoxy groups -OCH3 is 1. The number of benzene rings is 1. The Labute approximate surface area is 198 Å². The molecule has 1 aromatic rings. The lowest BCUT2D eigenvalue weighted by atomic mass is 10.1. The number of alkyl halides is 3. The molecule has 2 atom stereocenters. The van der Waals surface area contributed by atoms with Crippen molar-refractivity contribution in [1.29, 1.82) is 0 Å². The van der Waals surface area contributed by atoms with Gasteiger partial charge in [0.25, 0.3) is 5.91 Å². The van der Waals surface area contributed by atoms with E-state index in [1.807, 2.05) is 0 Å². The fourth-order valence-corrected chi connectivity index (χ4v) is 4.20. The minimum absolute atomic E-state index is 0.178. The van der Waals surface area contributed by atoms with Crippen LogP contribution in [0.15, 0.2) is 24.3 Å². The molecule has 2 fully saturated rings. The first-order valence-corrected chi connectivity index (χ1v) is 11.5. The molecule has 0 aromatic heterocycles. The van der Waals surface area contributed by atoms with Gasteiger partial charge in [-0.3, -0.25) is 14.6 Å². The van der Waals surface area contributed by atoms with E-state index >= 15 is 0 Å². The van der Waals surface area contributed by atoms with Crippen molar-refractivity contribution in [3.05, 3.63) is 35.4 Å². The first-order valence-electron chi connectivity index (χ1n) is 11.5. The van der Waals surface area contributed by atoms with E-state index < -0.39 is 17.8 Å². The number of hydrogen-bond donors (Lipinski definition) is 1. The second kappa shape index (κ2) is 12.8. The van der Waals surface area contributed by atoms with Crippen LogP contribution in [0.1, 0.15) is 15.9 Å². The first-order chi connectivity index (χ1) is 16.3. The minimum atomic E-state index is -4.46. The molecule has 2 aliphatic heterocycles. The molecule has 1 amide bonds. The summed E-state index contributed by atoms with van der Waals surface area (Å²) in [7, 11) is 1.52. The molecule has 2 aliphatic rings. The van der Waals surface area contributed by atoms with Crippen molar-refractivity contribution in [1.82, 2.24) is 14.7 Å². The third-order valence-corrected chi connectivity index (χ3v) is 6.00. The Bertz CT molecular complexity index is 759. The summed E-state index contributed by atoms with van der Waals surface area (Å²) < 4.78 is 54.9. The van der Waals surface area contributed by atoms with Crippen LogP contribution in [0.2, 0.25) is 0 Å². The second-order valence-corrected chi connectivity index (χ2v) is 8.64. The molecule has 0 saturated carbocycles. The highest BCUT2D eigenvalue weighted by Gasteiger charge is 2.31. The lowest BCUT2D eigenvalue weighted by Crippen LogP contribution is -2.52. The summed E-state index contributed by atoms with van der Waals surface area (Å²) in [6, 6.07) is 4.22. The molecular weight excluding hydrogens is 455 g/mol. The van der Waals surface area contributed by atoms with Gasteiger partial charge in [0.1, 0.15) is 0 Å². The molecule has 0 aliphatic carbocycles. The molecule has 11 heteroatoms. The summed E-state index contributed by atoms with van der Waals surface area (Å²) in [5.74, 6) is -0.376. The number of aliphatic hydroxyl groups is 1. The number of halogens is 3. The highest BCUT2D eigenvalue weighted by Crippen LogP contribution is 2.29. The summed E-state index contributed by atoms with van der Waals surface area (Å²) in [4.78, 5) is 18.9. The molecule has 3 rings (SSSR count). The molecule has 192 valence electrons. The van der Waals surface area contributed by atoms with Crippen LogP contribution in [0, 0.1) is 0 Å². The van der Waals surface area contributed by atoms with E-state index in [0.717, 1.165) is 25.2 Å². The van der Waals surface area contributed by atoms with Crippen LogP contribution in [0.3, 0.4) is 0 Å². The van der Waals surface area contributed by atoms with Gasteiger partial charge in [-0.2, -0.15) is 13.2 Å². The van der Waals surface area contributed by atoms with E-state index in [1.54, 1.807) is 4.90 Å². The molecule has 0 radical (unpaired) electrons. The lowest BCUT2D eigenvalue weighted by Gasteiger charge is -2.37. The van der Waals surface area contributed by atoms with Gasteiger partial charge >= 0.3 is 6.18 Å². The molecular formula is C23H34F3N3O5. The first kappa shape index (κ1) is 26.8. The van der Waals surface area contributed by atoms with Crippen molar-refractivity contribution in [3.63, 3.8) is 0 Å². The molecule has 0 spiro atoms. The van der Waals surface area contributed by atoms with Gasteiger partial charge in [0, 0.05) is 65.0 Å². The van der Waals surface area contributed by atoms with E-state index in [9.17, 15) is 23.1 Å². The maximum atomic E-state index is 13.0. The monoisotopic (exact) mass is 489 g/mol. The van der Waals surface area contributed by atoms with Gasteiger partial charge in [-0.25, -0.2) is 0 Å². The Morgan fingerprint density at radius 1 is 1.15 bits per heavy atom. The van der Waals surface area contributed by atoms with Crippen LogP contribution in [0.25, 0.3) is 0 Å². The Balaban J connectivity index is 1.56. The van der Waals surface area contributed by atoms with E-state index in [0.29, 0.717) is 52.6 Å². The van der Waals surface area contributed by atoms with Crippen molar-refractivity contribution < 1.29 is 37.3 Å². The summed E-state index contributed by atoms with van der Waals surface area (Å²) in [5, 5.41) is 10.5. The molecule has 8 nitrogen and oxygen atoms in total. The minimum Gasteiger partial charge on any atom is -0.390 e. The summed E-state index contributed by atoms with van der Waals surface area (Å²) in [6.07, 6.45) is -5.24. The predicted octanol–water partition coefficient (Wildman–Crippen LogP) is 1.19. The zero-order valence-corrected chi connectivity index (χ0v) is 19.5. The van der Waals surface area contributed by atoms with E-state index in [4.69, 9.17) is 14.2 Å². The molecule has 1 N–H and O–H groups in total. The van der Waals surface area contributed by atoms with Gasteiger partial charge < -0.3 is 24.2 Å². The lowest BCUT2D eigenvalue weighted by molar-refractivity contribution is -0.137. The number of ether oxygens (including phenoxy) is 3. The van der Waals surface area contributed by atoms with Gasteiger partial charge in [-0.15, -0.1) is 0 Å². The smallest absolute Gasteiger partial charge is 0.390 e. The maximum absolute atomic E-state index is 13.0. The number of carbonyl (C=O) groups excluding carboxylic acids is 1. The quantitative estimate of drug-likeness (QED) is 0.529. The van der Waals surface area contributed by atoms with Gasteiger partial charge in [-0.1, -0.05) is 0 Å². The average Bonchev–Trinajstić information content (AvgIpc) is 2.81. The highest BCUT2D eigenvalue weighted by atomic mass is 19.4. The van der Waals surface area contributed by atoms with E-state index in [2.05, 4.69) is 9.80 Å². The van der Waals surface area contributed by atoms with Crippen molar-refractivity contribution in [2.75, 3.05) is 85.9 Å². The number of rotatable bonds is 10. The second-order valence-electron chi connectivity index (χ2n) is 8.64. The number of β-amino-alcohol motifs (C(OH)–C–C–N with tert-alkyl or cyclic N) is 1. The number of aliphatic hydroxyl groups excluding tert-OH is 1. The van der Waals surface area contributed by atoms with Gasteiger partial charge in [0.2, 0.25) is 0 Å². The van der Waals surface area contributed by atoms with Crippen LogP contribution in [0.4, 0.5) is 13.2 Å². The summed E-state index contributed by atoms with van der Waals surface area (Å²) in [5.41, 5.74) is -0.618. The third-order valence-electron chi connectivity index (χ3n) is 6.00. The van der Waals surface area contributed by atoms with E-state index in [1.165, 1.54) is 19.2 Å². The molecule has 1 aromatic carbocycles. The van der Waals surface area contributed by atoms with Crippen LogP contribution < -0.4 is 0 Å². The summed E-state index contributed by atoms with van der Waals surface area (Å²) >= 11 is 0. The number of carbonyl (C=O) groups is 1. The zero-order valence-electron chi connectivity index (χ0n) is 19.5. The zero-order chi connectivity index (χ0) is 24.6. The number of amides is 1. The standard InChI is InChI=1S/C23H34F3N3O5/c1-32-10-9-29(22(31)18-2-4-19(5-3-18)23(24,25)26)17-21-16-28(8-13-34-21)15-20(30)14-27-6-11-33-12-7-27/h2-5,20-21,30H,6-17H2,1H3. The molecule has 2 saturated heterocycles. The largest absolute Gasteiger partial charge is 0.416 e. The van der Waals surface area contributed by atoms with Crippen molar-refractivity contribution >= 4 is 5.91 Å². The van der Waals surface area contributed by atoms with Crippen LogP contribution in [0.5, 0.6) is 0 Å². The van der Waals surface area contributed by atoms with Gasteiger partial charge in [0.05, 0.1) is 44.2 Å². The fraction of sp³-hybridized carbons (Fsp3) is 0.696. The molecule has 0 bridgehead atoms. The Morgan fingerprint density at radius 2 is 1.79 bits per heavy atom. The Morgan fingerprint density at radius 3 is 2.44 bits per heavy atom. The molecule has 34 heavy (non-hydrogen) atoms. The number of morpholine rings is 2. The van der Waals surface area contributed by atoms with E-state index in [-0.39, 0.29) is 30.7 Å². The number of hydrogen-bond acceptors (Lipinski definition) is 7. The highest BCUT2D eigenvalue weighted by molar-refractivity contribution is 5.94. The predicted molar refractivity (Wildman–Crippen MR) is 119 cm³/mol. The van der Waals surface area contributed by atoms with Crippen LogP contribution >= 0.6 is 0 Å². The normalized spacial score (nSPS) is 21.4. The Kier molecular flexibility index (Phi) is 10.1. The molecule has 2 unspecified atom stereocenters. The SMILES string of the molecule is COCCN(CC1CN(CC(O)CN2CCOCC2)CCO1)C(=O)c1ccc(C(F)(F)F)cc1.